The first-order valence-electron chi connectivity index (χ1n) is 12.2. The molecule has 0 aromatic heterocycles. The van der Waals surface area contributed by atoms with Gasteiger partial charge < -0.3 is 24.8 Å². The van der Waals surface area contributed by atoms with Gasteiger partial charge in [-0.25, -0.2) is 0 Å². The highest BCUT2D eigenvalue weighted by atomic mass is 16.5. The van der Waals surface area contributed by atoms with Crippen molar-refractivity contribution < 1.29 is 24.8 Å². The molecule has 0 spiro atoms. The van der Waals surface area contributed by atoms with Gasteiger partial charge in [0.1, 0.15) is 24.1 Å². The Bertz CT molecular complexity index is 887. The second kappa shape index (κ2) is 9.09. The third-order valence-electron chi connectivity index (χ3n) is 8.13. The molecule has 1 fully saturated rings. The minimum Gasteiger partial charge on any atom is -0.496 e. The summed E-state index contributed by atoms with van der Waals surface area (Å²) in [5.74, 6) is 2.85. The van der Waals surface area contributed by atoms with Crippen LogP contribution in [0.15, 0.2) is 11.6 Å². The topological polar surface area (TPSA) is 79.2 Å². The summed E-state index contributed by atoms with van der Waals surface area (Å²) in [7, 11) is 1.73. The van der Waals surface area contributed by atoms with Crippen LogP contribution in [-0.2, 0) is 11.2 Å². The van der Waals surface area contributed by atoms with Gasteiger partial charge in [-0.05, 0) is 80.0 Å². The summed E-state index contributed by atoms with van der Waals surface area (Å²) in [5.41, 5.74) is 7.96. The van der Waals surface area contributed by atoms with Gasteiger partial charge in [0.2, 0.25) is 0 Å². The van der Waals surface area contributed by atoms with Gasteiger partial charge in [0.25, 0.3) is 0 Å². The molecule has 32 heavy (non-hydrogen) atoms. The third kappa shape index (κ3) is 3.91. The molecule has 0 amide bonds. The quantitative estimate of drug-likeness (QED) is 0.610. The van der Waals surface area contributed by atoms with Gasteiger partial charge in [-0.15, -0.1) is 0 Å². The summed E-state index contributed by atoms with van der Waals surface area (Å²) in [6.45, 7) is 11.2. The van der Waals surface area contributed by atoms with Crippen molar-refractivity contribution in [3.63, 3.8) is 0 Å². The van der Waals surface area contributed by atoms with E-state index in [0.29, 0.717) is 30.1 Å². The minimum atomic E-state index is -1.19. The van der Waals surface area contributed by atoms with E-state index in [2.05, 4.69) is 40.7 Å². The van der Waals surface area contributed by atoms with E-state index in [-0.39, 0.29) is 6.61 Å². The summed E-state index contributed by atoms with van der Waals surface area (Å²) >= 11 is 0. The molecule has 1 aromatic rings. The molecule has 0 bridgehead atoms. The van der Waals surface area contributed by atoms with Crippen molar-refractivity contribution in [2.24, 2.45) is 5.92 Å². The maximum atomic E-state index is 10.6. The summed E-state index contributed by atoms with van der Waals surface area (Å²) in [6.07, 6.45) is 2.45. The van der Waals surface area contributed by atoms with Gasteiger partial charge in [0.05, 0.1) is 19.8 Å². The van der Waals surface area contributed by atoms with Gasteiger partial charge in [-0.3, -0.25) is 0 Å². The second-order valence-electron chi connectivity index (χ2n) is 10.7. The van der Waals surface area contributed by atoms with E-state index in [1.807, 2.05) is 0 Å². The lowest BCUT2D eigenvalue weighted by atomic mass is 9.61. The largest absolute Gasteiger partial charge is 0.496 e. The number of rotatable bonds is 4. The van der Waals surface area contributed by atoms with Gasteiger partial charge in [-0.1, -0.05) is 25.5 Å². The molecule has 0 radical (unpaired) electrons. The van der Waals surface area contributed by atoms with Crippen LogP contribution in [0.5, 0.6) is 5.75 Å². The van der Waals surface area contributed by atoms with E-state index in [0.717, 1.165) is 24.2 Å². The van der Waals surface area contributed by atoms with E-state index in [4.69, 9.17) is 9.47 Å². The van der Waals surface area contributed by atoms with Crippen molar-refractivity contribution in [3.8, 4) is 5.75 Å². The van der Waals surface area contributed by atoms with Crippen molar-refractivity contribution in [1.29, 1.82) is 0 Å². The van der Waals surface area contributed by atoms with Crippen LogP contribution in [0.3, 0.4) is 0 Å². The molecule has 1 saturated heterocycles. The summed E-state index contributed by atoms with van der Waals surface area (Å²) in [5, 5.41) is 30.8. The van der Waals surface area contributed by atoms with Crippen LogP contribution in [0, 0.1) is 12.8 Å². The molecule has 5 nitrogen and oxygen atoms in total. The zero-order valence-corrected chi connectivity index (χ0v) is 20.4. The first-order valence-corrected chi connectivity index (χ1v) is 12.2. The van der Waals surface area contributed by atoms with E-state index in [9.17, 15) is 15.3 Å². The molecule has 0 unspecified atom stereocenters. The highest BCUT2D eigenvalue weighted by molar-refractivity contribution is 5.61. The molecule has 5 heteroatoms. The van der Waals surface area contributed by atoms with Crippen LogP contribution in [0.4, 0.5) is 0 Å². The maximum absolute atomic E-state index is 10.6. The minimum absolute atomic E-state index is 0.0301. The standard InChI is InChI=1S/C27H40O5/c1-13(2)9-17-10-15(4)18-8-7-14(3)22-19(27(31-6)16(5)23(17)24(18)22)11-21-26(30)25(29)20(28)12-32-21/h9,14-15,17-18,20-21,25-26,28-30H,7-8,10-12H2,1-6H3/t14-,15-,17-,18+,20+,21-,25-,26-/m0/s1. The van der Waals surface area contributed by atoms with Crippen molar-refractivity contribution in [1.82, 2.24) is 0 Å². The third-order valence-corrected chi connectivity index (χ3v) is 8.13. The molecule has 8 atom stereocenters. The lowest BCUT2D eigenvalue weighted by Crippen LogP contribution is -2.53. The van der Waals surface area contributed by atoms with E-state index in [1.165, 1.54) is 34.2 Å². The fourth-order valence-electron chi connectivity index (χ4n) is 6.67. The highest BCUT2D eigenvalue weighted by Crippen LogP contribution is 2.56. The van der Waals surface area contributed by atoms with Crippen LogP contribution >= 0.6 is 0 Å². The Labute approximate surface area is 192 Å². The van der Waals surface area contributed by atoms with E-state index in [1.54, 1.807) is 7.11 Å². The van der Waals surface area contributed by atoms with Crippen molar-refractivity contribution in [2.75, 3.05) is 13.7 Å². The maximum Gasteiger partial charge on any atom is 0.125 e. The number of methoxy groups -OCH3 is 1. The number of aliphatic hydroxyl groups excluding tert-OH is 3. The average molecular weight is 445 g/mol. The number of hydrogen-bond donors (Lipinski definition) is 3. The molecule has 1 aromatic carbocycles. The molecule has 4 rings (SSSR count). The fraction of sp³-hybridized carbons (Fsp3) is 0.704. The van der Waals surface area contributed by atoms with Crippen LogP contribution in [-0.4, -0.2) is 53.5 Å². The Hall–Kier alpha value is -1.40. The van der Waals surface area contributed by atoms with Crippen LogP contribution in [0.2, 0.25) is 0 Å². The first-order chi connectivity index (χ1) is 15.1. The molecule has 3 N–H and O–H groups in total. The normalized spacial score (nSPS) is 36.4. The fourth-order valence-corrected chi connectivity index (χ4v) is 6.67. The Morgan fingerprint density at radius 2 is 1.78 bits per heavy atom. The van der Waals surface area contributed by atoms with Crippen LogP contribution in [0.1, 0.15) is 92.5 Å². The summed E-state index contributed by atoms with van der Waals surface area (Å²) in [4.78, 5) is 0. The zero-order chi connectivity index (χ0) is 23.3. The Balaban J connectivity index is 1.89. The smallest absolute Gasteiger partial charge is 0.125 e. The SMILES string of the molecule is COc1c(C)c2c3c(c1C[C@@H]1OC[C@@H](O)[C@H](O)[C@H]1O)[C@@H](C)CC[C@@H]3[C@@H](C)C[C@@H]2C=C(C)C. The molecular formula is C27H40O5. The molecule has 0 saturated carbocycles. The molecule has 1 heterocycles. The summed E-state index contributed by atoms with van der Waals surface area (Å²) in [6, 6.07) is 0. The number of benzene rings is 1. The van der Waals surface area contributed by atoms with Crippen LogP contribution < -0.4 is 4.74 Å². The second-order valence-corrected chi connectivity index (χ2v) is 10.7. The van der Waals surface area contributed by atoms with Crippen LogP contribution in [0.25, 0.3) is 0 Å². The molecular weight excluding hydrogens is 404 g/mol. The number of allylic oxidation sites excluding steroid dienone is 2. The van der Waals surface area contributed by atoms with Gasteiger partial charge in [0.15, 0.2) is 0 Å². The van der Waals surface area contributed by atoms with Crippen molar-refractivity contribution in [3.05, 3.63) is 39.5 Å². The molecule has 3 aliphatic rings. The molecule has 1 aliphatic heterocycles. The number of aliphatic hydroxyl groups is 3. The lowest BCUT2D eigenvalue weighted by Gasteiger charge is -2.45. The van der Waals surface area contributed by atoms with Crippen molar-refractivity contribution in [2.45, 2.75) is 102 Å². The average Bonchev–Trinajstić information content (AvgIpc) is 2.73. The summed E-state index contributed by atoms with van der Waals surface area (Å²) < 4.78 is 11.8. The van der Waals surface area contributed by atoms with Crippen molar-refractivity contribution >= 4 is 0 Å². The Kier molecular flexibility index (Phi) is 6.75. The molecule has 2 aliphatic carbocycles. The predicted octanol–water partition coefficient (Wildman–Crippen LogP) is 4.10. The number of hydrogen-bond acceptors (Lipinski definition) is 5. The van der Waals surface area contributed by atoms with Gasteiger partial charge >= 0.3 is 0 Å². The lowest BCUT2D eigenvalue weighted by molar-refractivity contribution is -0.186. The van der Waals surface area contributed by atoms with Gasteiger partial charge in [0, 0.05) is 17.9 Å². The van der Waals surface area contributed by atoms with Gasteiger partial charge in [-0.2, -0.15) is 0 Å². The van der Waals surface area contributed by atoms with E-state index >= 15 is 0 Å². The first kappa shape index (κ1) is 23.7. The van der Waals surface area contributed by atoms with E-state index < -0.39 is 24.4 Å². The Morgan fingerprint density at radius 1 is 1.06 bits per heavy atom. The predicted molar refractivity (Wildman–Crippen MR) is 126 cm³/mol. The highest BCUT2D eigenvalue weighted by Gasteiger charge is 2.43. The monoisotopic (exact) mass is 444 g/mol. The number of ether oxygens (including phenoxy) is 2. The molecule has 178 valence electrons. The zero-order valence-electron chi connectivity index (χ0n) is 20.4. The Morgan fingerprint density at radius 3 is 2.44 bits per heavy atom.